The molecule has 1 heterocycles. The standard InChI is InChI=1S/C15H28N4/c1-6-9-10-19(11(4)7-2)15-12(5)14(16)17-13(8-3)18-15/h11H,6-10H2,1-5H3,(H2,16,17,18). The molecule has 0 spiro atoms. The number of aromatic nitrogens is 2. The third kappa shape index (κ3) is 3.82. The van der Waals surface area contributed by atoms with Gasteiger partial charge in [-0.2, -0.15) is 0 Å². The predicted octanol–water partition coefficient (Wildman–Crippen LogP) is 3.33. The average molecular weight is 264 g/mol. The molecule has 1 rings (SSSR count). The minimum absolute atomic E-state index is 0.476. The zero-order chi connectivity index (χ0) is 14.4. The Morgan fingerprint density at radius 2 is 1.89 bits per heavy atom. The molecule has 1 atom stereocenters. The molecule has 19 heavy (non-hydrogen) atoms. The molecule has 4 heteroatoms. The third-order valence-corrected chi connectivity index (χ3v) is 3.67. The van der Waals surface area contributed by atoms with Crippen LogP contribution in [-0.2, 0) is 6.42 Å². The van der Waals surface area contributed by atoms with Gasteiger partial charge in [0.1, 0.15) is 17.5 Å². The Bertz CT molecular complexity index is 403. The largest absolute Gasteiger partial charge is 0.383 e. The van der Waals surface area contributed by atoms with Gasteiger partial charge in [-0.15, -0.1) is 0 Å². The quantitative estimate of drug-likeness (QED) is 0.820. The first-order valence-corrected chi connectivity index (χ1v) is 7.44. The van der Waals surface area contributed by atoms with Crippen LogP contribution in [0, 0.1) is 6.92 Å². The lowest BCUT2D eigenvalue weighted by Gasteiger charge is -2.31. The summed E-state index contributed by atoms with van der Waals surface area (Å²) in [6.07, 6.45) is 4.29. The molecule has 0 radical (unpaired) electrons. The van der Waals surface area contributed by atoms with E-state index in [0.717, 1.165) is 36.6 Å². The highest BCUT2D eigenvalue weighted by atomic mass is 15.2. The Morgan fingerprint density at radius 1 is 1.21 bits per heavy atom. The molecule has 0 aromatic carbocycles. The summed E-state index contributed by atoms with van der Waals surface area (Å²) in [4.78, 5) is 11.4. The number of hydrogen-bond acceptors (Lipinski definition) is 4. The van der Waals surface area contributed by atoms with Gasteiger partial charge in [0, 0.05) is 24.6 Å². The van der Waals surface area contributed by atoms with E-state index in [0.29, 0.717) is 11.9 Å². The predicted molar refractivity (Wildman–Crippen MR) is 82.6 cm³/mol. The smallest absolute Gasteiger partial charge is 0.137 e. The van der Waals surface area contributed by atoms with Gasteiger partial charge in [0.25, 0.3) is 0 Å². The van der Waals surface area contributed by atoms with Crippen LogP contribution in [0.5, 0.6) is 0 Å². The van der Waals surface area contributed by atoms with Gasteiger partial charge in [-0.1, -0.05) is 27.2 Å². The lowest BCUT2D eigenvalue weighted by Crippen LogP contribution is -2.35. The molecule has 0 aliphatic carbocycles. The van der Waals surface area contributed by atoms with Crippen LogP contribution in [0.2, 0.25) is 0 Å². The summed E-state index contributed by atoms with van der Waals surface area (Å²) in [5, 5.41) is 0. The molecule has 108 valence electrons. The van der Waals surface area contributed by atoms with E-state index in [-0.39, 0.29) is 0 Å². The average Bonchev–Trinajstić information content (AvgIpc) is 2.42. The third-order valence-electron chi connectivity index (χ3n) is 3.67. The number of unbranched alkanes of at least 4 members (excludes halogenated alkanes) is 1. The van der Waals surface area contributed by atoms with Gasteiger partial charge >= 0.3 is 0 Å². The zero-order valence-electron chi connectivity index (χ0n) is 13.0. The van der Waals surface area contributed by atoms with Crippen molar-refractivity contribution in [3.05, 3.63) is 11.4 Å². The Labute approximate surface area is 117 Å². The molecule has 0 saturated carbocycles. The SMILES string of the molecule is CCCCN(c1nc(CC)nc(N)c1C)C(C)CC. The van der Waals surface area contributed by atoms with Crippen LogP contribution in [0.25, 0.3) is 0 Å². The monoisotopic (exact) mass is 264 g/mol. The van der Waals surface area contributed by atoms with Crippen molar-refractivity contribution in [3.8, 4) is 0 Å². The van der Waals surface area contributed by atoms with E-state index in [1.54, 1.807) is 0 Å². The van der Waals surface area contributed by atoms with Gasteiger partial charge in [0.2, 0.25) is 0 Å². The molecular formula is C15H28N4. The second-order valence-electron chi connectivity index (χ2n) is 5.13. The minimum atomic E-state index is 0.476. The molecule has 4 nitrogen and oxygen atoms in total. The van der Waals surface area contributed by atoms with E-state index in [1.165, 1.54) is 12.8 Å². The summed E-state index contributed by atoms with van der Waals surface area (Å²) < 4.78 is 0. The summed E-state index contributed by atoms with van der Waals surface area (Å²) >= 11 is 0. The molecule has 0 aliphatic rings. The molecule has 1 aromatic heterocycles. The number of nitrogen functional groups attached to an aromatic ring is 1. The van der Waals surface area contributed by atoms with Crippen molar-refractivity contribution in [1.29, 1.82) is 0 Å². The van der Waals surface area contributed by atoms with Crippen molar-refractivity contribution in [2.24, 2.45) is 0 Å². The van der Waals surface area contributed by atoms with Crippen LogP contribution in [0.3, 0.4) is 0 Å². The molecule has 0 fully saturated rings. The van der Waals surface area contributed by atoms with E-state index in [2.05, 4.69) is 37.6 Å². The number of rotatable bonds is 7. The van der Waals surface area contributed by atoms with Crippen molar-refractivity contribution in [2.75, 3.05) is 17.2 Å². The van der Waals surface area contributed by atoms with E-state index in [1.807, 2.05) is 6.92 Å². The number of anilines is 2. The van der Waals surface area contributed by atoms with Gasteiger partial charge in [-0.05, 0) is 26.7 Å². The summed E-state index contributed by atoms with van der Waals surface area (Å²) in [5.74, 6) is 2.47. The van der Waals surface area contributed by atoms with Crippen LogP contribution in [0.4, 0.5) is 11.6 Å². The molecule has 0 amide bonds. The Morgan fingerprint density at radius 3 is 2.42 bits per heavy atom. The lowest BCUT2D eigenvalue weighted by molar-refractivity contribution is 0.586. The van der Waals surface area contributed by atoms with E-state index in [9.17, 15) is 0 Å². The van der Waals surface area contributed by atoms with Crippen molar-refractivity contribution < 1.29 is 0 Å². The molecule has 0 aliphatic heterocycles. The Kier molecular flexibility index (Phi) is 6.06. The van der Waals surface area contributed by atoms with E-state index < -0.39 is 0 Å². The fourth-order valence-corrected chi connectivity index (χ4v) is 2.09. The van der Waals surface area contributed by atoms with Crippen LogP contribution in [-0.4, -0.2) is 22.6 Å². The van der Waals surface area contributed by atoms with Crippen LogP contribution in [0.1, 0.15) is 58.3 Å². The molecule has 2 N–H and O–H groups in total. The number of aryl methyl sites for hydroxylation is 1. The van der Waals surface area contributed by atoms with Gasteiger partial charge in [-0.3, -0.25) is 0 Å². The van der Waals surface area contributed by atoms with Crippen LogP contribution >= 0.6 is 0 Å². The van der Waals surface area contributed by atoms with Gasteiger partial charge < -0.3 is 10.6 Å². The first-order valence-electron chi connectivity index (χ1n) is 7.44. The maximum atomic E-state index is 6.03. The minimum Gasteiger partial charge on any atom is -0.383 e. The number of nitrogens with zero attached hydrogens (tertiary/aromatic N) is 3. The van der Waals surface area contributed by atoms with Crippen LogP contribution < -0.4 is 10.6 Å². The fourth-order valence-electron chi connectivity index (χ4n) is 2.09. The topological polar surface area (TPSA) is 55.0 Å². The summed E-state index contributed by atoms with van der Waals surface area (Å²) in [5.41, 5.74) is 7.04. The Balaban J connectivity index is 3.16. The van der Waals surface area contributed by atoms with Crippen molar-refractivity contribution in [2.45, 2.75) is 66.3 Å². The fraction of sp³-hybridized carbons (Fsp3) is 0.733. The Hall–Kier alpha value is -1.32. The van der Waals surface area contributed by atoms with Crippen molar-refractivity contribution >= 4 is 11.6 Å². The van der Waals surface area contributed by atoms with Crippen molar-refractivity contribution in [1.82, 2.24) is 9.97 Å². The maximum absolute atomic E-state index is 6.03. The second kappa shape index (κ2) is 7.31. The summed E-state index contributed by atoms with van der Waals surface area (Å²) in [6, 6.07) is 0.476. The van der Waals surface area contributed by atoms with Gasteiger partial charge in [0.05, 0.1) is 0 Å². The number of nitrogens with two attached hydrogens (primary N) is 1. The normalized spacial score (nSPS) is 12.5. The first kappa shape index (κ1) is 15.7. The summed E-state index contributed by atoms with van der Waals surface area (Å²) in [6.45, 7) is 11.8. The summed E-state index contributed by atoms with van der Waals surface area (Å²) in [7, 11) is 0. The molecule has 0 bridgehead atoms. The highest BCUT2D eigenvalue weighted by molar-refractivity contribution is 5.57. The molecule has 1 aromatic rings. The maximum Gasteiger partial charge on any atom is 0.137 e. The molecule has 0 saturated heterocycles. The first-order chi connectivity index (χ1) is 9.04. The number of hydrogen-bond donors (Lipinski definition) is 1. The highest BCUT2D eigenvalue weighted by Gasteiger charge is 2.18. The molecular weight excluding hydrogens is 236 g/mol. The van der Waals surface area contributed by atoms with Crippen LogP contribution in [0.15, 0.2) is 0 Å². The second-order valence-corrected chi connectivity index (χ2v) is 5.13. The van der Waals surface area contributed by atoms with Gasteiger partial charge in [-0.25, -0.2) is 9.97 Å². The van der Waals surface area contributed by atoms with E-state index >= 15 is 0 Å². The molecule has 1 unspecified atom stereocenters. The highest BCUT2D eigenvalue weighted by Crippen LogP contribution is 2.25. The van der Waals surface area contributed by atoms with Gasteiger partial charge in [0.15, 0.2) is 0 Å². The van der Waals surface area contributed by atoms with Crippen molar-refractivity contribution in [3.63, 3.8) is 0 Å². The van der Waals surface area contributed by atoms with E-state index in [4.69, 9.17) is 10.7 Å². The lowest BCUT2D eigenvalue weighted by atomic mass is 10.1. The zero-order valence-corrected chi connectivity index (χ0v) is 13.0.